The molecule has 6 heteroatoms. The Morgan fingerprint density at radius 2 is 1.80 bits per heavy atom. The van der Waals surface area contributed by atoms with Crippen molar-refractivity contribution in [2.75, 3.05) is 6.61 Å². The van der Waals surface area contributed by atoms with Crippen LogP contribution in [0.25, 0.3) is 0 Å². The Morgan fingerprint density at radius 1 is 1.15 bits per heavy atom. The highest BCUT2D eigenvalue weighted by atomic mass is 16.7. The Morgan fingerprint density at radius 3 is 2.45 bits per heavy atom. The molecule has 0 saturated carbocycles. The van der Waals surface area contributed by atoms with Crippen LogP contribution < -0.4 is 0 Å². The van der Waals surface area contributed by atoms with Crippen molar-refractivity contribution < 1.29 is 24.2 Å². The molecule has 1 N–H and O–H groups in total. The van der Waals surface area contributed by atoms with Crippen molar-refractivity contribution in [3.8, 4) is 0 Å². The number of hydrogen-bond acceptors (Lipinski definition) is 5. The number of aliphatic hydroxyl groups excluding tert-OH is 1. The van der Waals surface area contributed by atoms with Gasteiger partial charge in [0.15, 0.2) is 6.29 Å². The van der Waals surface area contributed by atoms with E-state index in [9.17, 15) is 14.7 Å². The Balaban J connectivity index is 1.70. The molecule has 2 fully saturated rings. The van der Waals surface area contributed by atoms with Gasteiger partial charge in [-0.3, -0.25) is 14.5 Å². The summed E-state index contributed by atoms with van der Waals surface area (Å²) >= 11 is 0. The first-order chi connectivity index (χ1) is 9.66. The summed E-state index contributed by atoms with van der Waals surface area (Å²) in [7, 11) is 0. The van der Waals surface area contributed by atoms with Crippen LogP contribution in [0.3, 0.4) is 0 Å². The number of amides is 2. The zero-order chi connectivity index (χ0) is 13.9. The fraction of sp³-hybridized carbons (Fsp3) is 0.429. The summed E-state index contributed by atoms with van der Waals surface area (Å²) in [6, 6.07) is 6.27. The first-order valence-corrected chi connectivity index (χ1v) is 6.59. The molecule has 4 atom stereocenters. The minimum Gasteiger partial charge on any atom is -0.388 e. The lowest BCUT2D eigenvalue weighted by Crippen LogP contribution is -2.53. The molecule has 0 unspecified atom stereocenters. The highest BCUT2D eigenvalue weighted by molar-refractivity contribution is 6.21. The molecule has 2 saturated heterocycles. The van der Waals surface area contributed by atoms with Gasteiger partial charge in [-0.15, -0.1) is 0 Å². The van der Waals surface area contributed by atoms with E-state index >= 15 is 0 Å². The summed E-state index contributed by atoms with van der Waals surface area (Å²) < 4.78 is 10.8. The van der Waals surface area contributed by atoms with Crippen LogP contribution in [0.2, 0.25) is 0 Å². The molecule has 3 aliphatic heterocycles. The lowest BCUT2D eigenvalue weighted by Gasteiger charge is -2.35. The molecular weight excluding hydrogens is 262 g/mol. The molecule has 0 aliphatic carbocycles. The van der Waals surface area contributed by atoms with Crippen LogP contribution in [0, 0.1) is 0 Å². The molecule has 0 radical (unpaired) electrons. The van der Waals surface area contributed by atoms with Crippen LogP contribution in [-0.2, 0) is 9.47 Å². The van der Waals surface area contributed by atoms with E-state index in [1.54, 1.807) is 24.3 Å². The van der Waals surface area contributed by atoms with Crippen molar-refractivity contribution in [2.45, 2.75) is 31.0 Å². The third kappa shape index (κ3) is 1.49. The molecule has 3 heterocycles. The van der Waals surface area contributed by atoms with Gasteiger partial charge >= 0.3 is 0 Å². The molecule has 1 aromatic rings. The van der Waals surface area contributed by atoms with Crippen molar-refractivity contribution in [3.63, 3.8) is 0 Å². The van der Waals surface area contributed by atoms with E-state index in [4.69, 9.17) is 9.47 Å². The number of aliphatic hydroxyl groups is 1. The van der Waals surface area contributed by atoms with Gasteiger partial charge in [0.2, 0.25) is 0 Å². The molecular formula is C14H13NO5. The summed E-state index contributed by atoms with van der Waals surface area (Å²) in [6.07, 6.45) is -1.51. The van der Waals surface area contributed by atoms with E-state index in [1.807, 2.05) is 0 Å². The number of ether oxygens (including phenoxy) is 2. The van der Waals surface area contributed by atoms with Gasteiger partial charge < -0.3 is 14.6 Å². The Labute approximate surface area is 114 Å². The third-order valence-corrected chi connectivity index (χ3v) is 4.12. The maximum atomic E-state index is 12.4. The van der Waals surface area contributed by atoms with E-state index in [-0.39, 0.29) is 17.9 Å². The molecule has 20 heavy (non-hydrogen) atoms. The second-order valence-corrected chi connectivity index (χ2v) is 5.27. The lowest BCUT2D eigenvalue weighted by atomic mass is 10.00. The molecule has 0 aromatic heterocycles. The topological polar surface area (TPSA) is 76.1 Å². The Hall–Kier alpha value is -1.76. The van der Waals surface area contributed by atoms with Crippen molar-refractivity contribution in [2.24, 2.45) is 0 Å². The van der Waals surface area contributed by atoms with Crippen molar-refractivity contribution >= 4 is 11.8 Å². The molecule has 0 spiro atoms. The van der Waals surface area contributed by atoms with E-state index in [1.165, 1.54) is 4.90 Å². The number of carbonyl (C=O) groups excluding carboxylic acids is 2. The van der Waals surface area contributed by atoms with Gasteiger partial charge in [0.05, 0.1) is 23.8 Å². The SMILES string of the molecule is O=C1c2ccccc2C(=O)N1[C@H]1C[C@H](O)[C@@H]2OC[C@@H]1O2. The van der Waals surface area contributed by atoms with Gasteiger partial charge in [0, 0.05) is 6.42 Å². The minimum absolute atomic E-state index is 0.291. The van der Waals surface area contributed by atoms with Crippen LogP contribution in [0.1, 0.15) is 27.1 Å². The van der Waals surface area contributed by atoms with E-state index in [0.29, 0.717) is 24.2 Å². The normalized spacial score (nSPS) is 35.5. The van der Waals surface area contributed by atoms with E-state index in [0.717, 1.165) is 0 Å². The van der Waals surface area contributed by atoms with Gasteiger partial charge in [-0.25, -0.2) is 0 Å². The number of carbonyl (C=O) groups is 2. The first-order valence-electron chi connectivity index (χ1n) is 6.59. The fourth-order valence-corrected chi connectivity index (χ4v) is 3.14. The second kappa shape index (κ2) is 4.12. The van der Waals surface area contributed by atoms with Crippen LogP contribution >= 0.6 is 0 Å². The highest BCUT2D eigenvalue weighted by Crippen LogP contribution is 2.35. The number of benzene rings is 1. The van der Waals surface area contributed by atoms with Crippen molar-refractivity contribution in [1.82, 2.24) is 4.90 Å². The molecule has 3 aliphatic rings. The van der Waals surface area contributed by atoms with Crippen molar-refractivity contribution in [3.05, 3.63) is 35.4 Å². The van der Waals surface area contributed by atoms with Gasteiger partial charge in [0.25, 0.3) is 11.8 Å². The molecule has 2 bridgehead atoms. The number of imide groups is 1. The van der Waals surface area contributed by atoms with Crippen LogP contribution in [0.5, 0.6) is 0 Å². The summed E-state index contributed by atoms with van der Waals surface area (Å²) in [5.74, 6) is -0.645. The van der Waals surface area contributed by atoms with Gasteiger partial charge in [-0.2, -0.15) is 0 Å². The number of rotatable bonds is 1. The van der Waals surface area contributed by atoms with Gasteiger partial charge in [-0.1, -0.05) is 12.1 Å². The zero-order valence-electron chi connectivity index (χ0n) is 10.6. The zero-order valence-corrected chi connectivity index (χ0v) is 10.6. The quantitative estimate of drug-likeness (QED) is 0.739. The summed E-state index contributed by atoms with van der Waals surface area (Å²) in [6.45, 7) is 0.291. The Kier molecular flexibility index (Phi) is 2.47. The molecule has 6 nitrogen and oxygen atoms in total. The van der Waals surface area contributed by atoms with E-state index in [2.05, 4.69) is 0 Å². The fourth-order valence-electron chi connectivity index (χ4n) is 3.14. The van der Waals surface area contributed by atoms with Crippen LogP contribution in [0.4, 0.5) is 0 Å². The smallest absolute Gasteiger partial charge is 0.261 e. The summed E-state index contributed by atoms with van der Waals surface area (Å²) in [4.78, 5) is 26.0. The highest BCUT2D eigenvalue weighted by Gasteiger charge is 2.50. The number of hydrogen-bond donors (Lipinski definition) is 1. The maximum absolute atomic E-state index is 12.4. The summed E-state index contributed by atoms with van der Waals surface area (Å²) in [5, 5.41) is 9.92. The minimum atomic E-state index is -0.817. The molecule has 2 amide bonds. The first kappa shape index (κ1) is 12.0. The standard InChI is InChI=1S/C14H13NO5/c16-10-5-9(11-6-19-14(10)20-11)15-12(17)7-3-1-2-4-8(7)13(15)18/h1-4,9-11,14,16H,5-6H2/t9-,10-,11-,14+/m0/s1. The largest absolute Gasteiger partial charge is 0.388 e. The maximum Gasteiger partial charge on any atom is 0.261 e. The van der Waals surface area contributed by atoms with Crippen LogP contribution in [0.15, 0.2) is 24.3 Å². The van der Waals surface area contributed by atoms with Crippen LogP contribution in [-0.4, -0.2) is 53.0 Å². The average molecular weight is 275 g/mol. The van der Waals surface area contributed by atoms with Crippen molar-refractivity contribution in [1.29, 1.82) is 0 Å². The Bertz CT molecular complexity index is 566. The predicted octanol–water partition coefficient (Wildman–Crippen LogP) is 0.157. The van der Waals surface area contributed by atoms with Gasteiger partial charge in [0.1, 0.15) is 12.2 Å². The van der Waals surface area contributed by atoms with E-state index < -0.39 is 18.4 Å². The monoisotopic (exact) mass is 275 g/mol. The summed E-state index contributed by atoms with van der Waals surface area (Å²) in [5.41, 5.74) is 0.820. The third-order valence-electron chi connectivity index (χ3n) is 4.12. The molecule has 4 rings (SSSR count). The second-order valence-electron chi connectivity index (χ2n) is 5.27. The van der Waals surface area contributed by atoms with Gasteiger partial charge in [-0.05, 0) is 12.1 Å². The predicted molar refractivity (Wildman–Crippen MR) is 66.0 cm³/mol. The number of fused-ring (bicyclic) bond motifs is 3. The average Bonchev–Trinajstić information content (AvgIpc) is 2.99. The molecule has 1 aromatic carbocycles. The molecule has 104 valence electrons. The lowest BCUT2D eigenvalue weighted by molar-refractivity contribution is -0.166. The number of nitrogens with zero attached hydrogens (tertiary/aromatic N) is 1.